The molecule has 0 N–H and O–H groups in total. The van der Waals surface area contributed by atoms with E-state index in [4.69, 9.17) is 4.42 Å². The number of para-hydroxylation sites is 1. The van der Waals surface area contributed by atoms with Gasteiger partial charge in [0, 0.05) is 35.4 Å². The summed E-state index contributed by atoms with van der Waals surface area (Å²) in [4.78, 5) is 42.7. The van der Waals surface area contributed by atoms with Crippen LogP contribution in [0.2, 0.25) is 0 Å². The fraction of sp³-hybridized carbons (Fsp3) is 0.321. The van der Waals surface area contributed by atoms with Crippen molar-refractivity contribution in [3.63, 3.8) is 0 Å². The van der Waals surface area contributed by atoms with E-state index in [9.17, 15) is 14.4 Å². The molecule has 0 aliphatic carbocycles. The Morgan fingerprint density at radius 3 is 2.06 bits per heavy atom. The van der Waals surface area contributed by atoms with Crippen molar-refractivity contribution in [2.24, 2.45) is 0 Å². The standard InChI is InChI=1S/C28H27N3O4S/c1-14-11-19-24(35-14)31-21-17(27(19,2)3)9-8-10-18(21)28(4,5)20-13-15(36-25(20)31)12-16-22(32)29(6)26(34)30(7)23(16)33/h8-13H,1-7H3. The lowest BCUT2D eigenvalue weighted by Crippen LogP contribution is -2.52. The number of aryl methyl sites for hydroxylation is 1. The molecule has 0 bridgehead atoms. The fourth-order valence-electron chi connectivity index (χ4n) is 5.70. The Kier molecular flexibility index (Phi) is 4.41. The zero-order chi connectivity index (χ0) is 25.9. The lowest BCUT2D eigenvalue weighted by atomic mass is 9.68. The van der Waals surface area contributed by atoms with Crippen LogP contribution in [0, 0.1) is 6.92 Å². The predicted octanol–water partition coefficient (Wildman–Crippen LogP) is 5.83. The number of amides is 4. The number of likely N-dealkylation sites (N-methyl/N-ethyl adjacent to an activating group) is 2. The Morgan fingerprint density at radius 2 is 1.44 bits per heavy atom. The van der Waals surface area contributed by atoms with Crippen LogP contribution in [-0.4, -0.2) is 41.7 Å². The number of hydrogen-bond acceptors (Lipinski definition) is 6. The number of hydrogen-bond donors (Lipinski definition) is 0. The summed E-state index contributed by atoms with van der Waals surface area (Å²) >= 11 is 1.51. The van der Waals surface area contributed by atoms with E-state index in [0.29, 0.717) is 0 Å². The van der Waals surface area contributed by atoms with Crippen molar-refractivity contribution < 1.29 is 18.8 Å². The van der Waals surface area contributed by atoms with Gasteiger partial charge in [-0.2, -0.15) is 0 Å². The van der Waals surface area contributed by atoms with E-state index in [2.05, 4.69) is 62.9 Å². The number of nitrogens with zero attached hydrogens (tertiary/aromatic N) is 3. The minimum Gasteiger partial charge on any atom is -0.445 e. The smallest absolute Gasteiger partial charge is 0.333 e. The van der Waals surface area contributed by atoms with E-state index in [-0.39, 0.29) is 16.4 Å². The average Bonchev–Trinajstić information content (AvgIpc) is 3.44. The zero-order valence-electron chi connectivity index (χ0n) is 21.3. The molecule has 3 aliphatic heterocycles. The van der Waals surface area contributed by atoms with Gasteiger partial charge in [-0.15, -0.1) is 11.3 Å². The maximum Gasteiger partial charge on any atom is 0.333 e. The zero-order valence-corrected chi connectivity index (χ0v) is 22.2. The van der Waals surface area contributed by atoms with Crippen LogP contribution in [0.25, 0.3) is 6.08 Å². The van der Waals surface area contributed by atoms with Crippen molar-refractivity contribution in [2.75, 3.05) is 19.0 Å². The number of thiophene rings is 1. The van der Waals surface area contributed by atoms with Gasteiger partial charge in [-0.3, -0.25) is 24.3 Å². The molecule has 8 heteroatoms. The Labute approximate surface area is 213 Å². The van der Waals surface area contributed by atoms with Gasteiger partial charge in [-0.25, -0.2) is 4.79 Å². The van der Waals surface area contributed by atoms with Crippen LogP contribution in [-0.2, 0) is 20.4 Å². The topological polar surface area (TPSA) is 74.1 Å². The second-order valence-corrected chi connectivity index (χ2v) is 11.9. The summed E-state index contributed by atoms with van der Waals surface area (Å²) in [5.41, 5.74) is 5.23. The van der Waals surface area contributed by atoms with Gasteiger partial charge in [0.1, 0.15) is 16.3 Å². The Morgan fingerprint density at radius 1 is 0.861 bits per heavy atom. The van der Waals surface area contributed by atoms with Crippen LogP contribution < -0.4 is 4.90 Å². The molecule has 5 heterocycles. The summed E-state index contributed by atoms with van der Waals surface area (Å²) in [5.74, 6) is 0.470. The number of fused-ring (bicyclic) bond motifs is 4. The molecular formula is C28H27N3O4S. The van der Waals surface area contributed by atoms with Gasteiger partial charge >= 0.3 is 6.03 Å². The summed E-state index contributed by atoms with van der Waals surface area (Å²) in [6, 6.07) is 10.0. The van der Waals surface area contributed by atoms with Gasteiger partial charge in [0.05, 0.1) is 5.69 Å². The summed E-state index contributed by atoms with van der Waals surface area (Å²) in [7, 11) is 2.77. The van der Waals surface area contributed by atoms with Crippen LogP contribution in [0.15, 0.2) is 40.3 Å². The summed E-state index contributed by atoms with van der Waals surface area (Å²) in [6.45, 7) is 10.8. The van der Waals surface area contributed by atoms with Gasteiger partial charge in [-0.05, 0) is 41.8 Å². The lowest BCUT2D eigenvalue weighted by Gasteiger charge is -2.46. The third-order valence-corrected chi connectivity index (χ3v) is 8.92. The second-order valence-electron chi connectivity index (χ2n) is 10.8. The maximum absolute atomic E-state index is 12.8. The first kappa shape index (κ1) is 22.8. The van der Waals surface area contributed by atoms with Crippen molar-refractivity contribution in [2.45, 2.75) is 45.4 Å². The number of furan rings is 1. The minimum atomic E-state index is -0.631. The van der Waals surface area contributed by atoms with Crippen molar-refractivity contribution >= 4 is 51.8 Å². The molecule has 3 aromatic rings. The molecule has 0 radical (unpaired) electrons. The van der Waals surface area contributed by atoms with Crippen LogP contribution in [0.3, 0.4) is 0 Å². The first-order valence-electron chi connectivity index (χ1n) is 11.9. The minimum absolute atomic E-state index is 0.0245. The van der Waals surface area contributed by atoms with Crippen molar-refractivity contribution in [3.8, 4) is 0 Å². The molecule has 0 unspecified atom stereocenters. The van der Waals surface area contributed by atoms with Gasteiger partial charge in [0.25, 0.3) is 11.8 Å². The number of anilines is 3. The van der Waals surface area contributed by atoms with E-state index >= 15 is 0 Å². The normalized spacial score (nSPS) is 19.4. The lowest BCUT2D eigenvalue weighted by molar-refractivity contribution is -0.134. The van der Waals surface area contributed by atoms with Crippen molar-refractivity contribution in [1.29, 1.82) is 0 Å². The molecule has 7 nitrogen and oxygen atoms in total. The molecule has 0 spiro atoms. The fourth-order valence-corrected chi connectivity index (χ4v) is 6.96. The molecule has 4 amide bonds. The van der Waals surface area contributed by atoms with Gasteiger partial charge < -0.3 is 4.42 Å². The molecule has 3 aliphatic rings. The number of rotatable bonds is 1. The molecular weight excluding hydrogens is 474 g/mol. The van der Waals surface area contributed by atoms with Gasteiger partial charge in [0.15, 0.2) is 0 Å². The van der Waals surface area contributed by atoms with E-state index in [1.807, 2.05) is 6.92 Å². The first-order valence-corrected chi connectivity index (χ1v) is 12.7. The van der Waals surface area contributed by atoms with E-state index in [0.717, 1.165) is 48.1 Å². The van der Waals surface area contributed by atoms with Crippen molar-refractivity contribution in [1.82, 2.24) is 9.80 Å². The number of benzene rings is 1. The Hall–Kier alpha value is -3.65. The number of imide groups is 2. The summed E-state index contributed by atoms with van der Waals surface area (Å²) < 4.78 is 6.31. The molecule has 6 rings (SSSR count). The third-order valence-electron chi connectivity index (χ3n) is 7.86. The van der Waals surface area contributed by atoms with Crippen LogP contribution >= 0.6 is 11.3 Å². The number of urea groups is 1. The third kappa shape index (κ3) is 2.70. The quantitative estimate of drug-likeness (QED) is 0.310. The highest BCUT2D eigenvalue weighted by molar-refractivity contribution is 7.17. The SMILES string of the molecule is Cc1cc2c(o1)N1c3sc(C=C4C(=O)N(C)C(=O)N(C)C4=O)cc3C(C)(C)c3cccc(c31)C2(C)C. The van der Waals surface area contributed by atoms with Gasteiger partial charge in [0.2, 0.25) is 5.88 Å². The average molecular weight is 502 g/mol. The number of carbonyl (C=O) groups excluding carboxylic acids is 3. The van der Waals surface area contributed by atoms with Crippen molar-refractivity contribution in [3.05, 3.63) is 68.8 Å². The second kappa shape index (κ2) is 6.97. The Bertz CT molecular complexity index is 1530. The molecule has 36 heavy (non-hydrogen) atoms. The molecule has 0 saturated carbocycles. The largest absolute Gasteiger partial charge is 0.445 e. The highest BCUT2D eigenvalue weighted by atomic mass is 32.1. The van der Waals surface area contributed by atoms with Crippen LogP contribution in [0.5, 0.6) is 0 Å². The molecule has 1 saturated heterocycles. The summed E-state index contributed by atoms with van der Waals surface area (Å²) in [5, 5.41) is 1.01. The van der Waals surface area contributed by atoms with Gasteiger partial charge in [-0.1, -0.05) is 45.9 Å². The Balaban J connectivity index is 1.59. The number of carbonyl (C=O) groups is 3. The maximum atomic E-state index is 12.8. The highest BCUT2D eigenvalue weighted by Crippen LogP contribution is 2.62. The molecule has 0 atom stereocenters. The van der Waals surface area contributed by atoms with E-state index < -0.39 is 17.8 Å². The highest BCUT2D eigenvalue weighted by Gasteiger charge is 2.48. The first-order chi connectivity index (χ1) is 16.9. The van der Waals surface area contributed by atoms with Crippen LogP contribution in [0.1, 0.15) is 60.6 Å². The molecule has 1 aromatic carbocycles. The number of barbiturate groups is 1. The van der Waals surface area contributed by atoms with E-state index in [1.54, 1.807) is 6.08 Å². The van der Waals surface area contributed by atoms with E-state index in [1.165, 1.54) is 36.6 Å². The predicted molar refractivity (Wildman–Crippen MR) is 139 cm³/mol. The summed E-state index contributed by atoms with van der Waals surface area (Å²) in [6.07, 6.45) is 1.61. The monoisotopic (exact) mass is 501 g/mol. The molecule has 1 fully saturated rings. The molecule has 184 valence electrons. The molecule has 2 aromatic heterocycles. The van der Waals surface area contributed by atoms with Crippen LogP contribution in [0.4, 0.5) is 21.4 Å².